The number of carbonyl (C=O) groups excluding carboxylic acids is 1. The maximum atomic E-state index is 10.8. The van der Waals surface area contributed by atoms with Crippen LogP contribution in [0.15, 0.2) is 24.3 Å². The average molecular weight is 154 g/mol. The van der Waals surface area contributed by atoms with Crippen molar-refractivity contribution in [3.05, 3.63) is 24.3 Å². The van der Waals surface area contributed by atoms with Gasteiger partial charge in [-0.05, 0) is 13.0 Å². The van der Waals surface area contributed by atoms with Crippen LogP contribution in [0.5, 0.6) is 0 Å². The van der Waals surface area contributed by atoms with E-state index in [0.717, 1.165) is 0 Å². The first-order chi connectivity index (χ1) is 5.07. The van der Waals surface area contributed by atoms with Gasteiger partial charge in [0.05, 0.1) is 0 Å². The quantitative estimate of drug-likeness (QED) is 0.549. The molecule has 2 atom stereocenters. The predicted octanol–water partition coefficient (Wildman–Crippen LogP) is -0.207. The standard InChI is InChI=1S/C8H10O3/c1-6(9)8(11)5-3-2-4-7(8)10/h2-5,7,10-11H,1H3/t7-,8-/m0/s1. The van der Waals surface area contributed by atoms with E-state index in [1.54, 1.807) is 6.08 Å². The number of ketones is 1. The number of aliphatic hydroxyl groups excluding tert-OH is 1. The van der Waals surface area contributed by atoms with Crippen LogP contribution in [-0.2, 0) is 4.79 Å². The van der Waals surface area contributed by atoms with Gasteiger partial charge in [-0.25, -0.2) is 0 Å². The Kier molecular flexibility index (Phi) is 1.93. The van der Waals surface area contributed by atoms with Crippen molar-refractivity contribution in [2.24, 2.45) is 0 Å². The van der Waals surface area contributed by atoms with E-state index in [4.69, 9.17) is 0 Å². The molecule has 0 bridgehead atoms. The largest absolute Gasteiger partial charge is 0.385 e. The van der Waals surface area contributed by atoms with Gasteiger partial charge in [-0.2, -0.15) is 0 Å². The summed E-state index contributed by atoms with van der Waals surface area (Å²) in [5, 5.41) is 18.7. The number of allylic oxidation sites excluding steroid dienone is 2. The maximum Gasteiger partial charge on any atom is 0.170 e. The number of aliphatic hydroxyl groups is 2. The molecule has 3 heteroatoms. The summed E-state index contributed by atoms with van der Waals surface area (Å²) in [6.07, 6.45) is 4.67. The van der Waals surface area contributed by atoms with E-state index >= 15 is 0 Å². The van der Waals surface area contributed by atoms with Crippen molar-refractivity contribution in [2.75, 3.05) is 0 Å². The molecule has 0 aliphatic heterocycles. The molecule has 0 unspecified atom stereocenters. The highest BCUT2D eigenvalue weighted by atomic mass is 16.3. The van der Waals surface area contributed by atoms with Crippen LogP contribution in [0.4, 0.5) is 0 Å². The summed E-state index contributed by atoms with van der Waals surface area (Å²) in [4.78, 5) is 10.8. The summed E-state index contributed by atoms with van der Waals surface area (Å²) < 4.78 is 0. The van der Waals surface area contributed by atoms with Crippen molar-refractivity contribution in [1.82, 2.24) is 0 Å². The highest BCUT2D eigenvalue weighted by molar-refractivity contribution is 5.88. The van der Waals surface area contributed by atoms with Gasteiger partial charge in [0.2, 0.25) is 0 Å². The normalized spacial score (nSPS) is 35.7. The van der Waals surface area contributed by atoms with Gasteiger partial charge in [-0.3, -0.25) is 4.79 Å². The Morgan fingerprint density at radius 3 is 2.55 bits per heavy atom. The summed E-state index contributed by atoms with van der Waals surface area (Å²) in [5.41, 5.74) is -1.71. The van der Waals surface area contributed by atoms with Crippen LogP contribution < -0.4 is 0 Å². The molecule has 60 valence electrons. The number of Topliss-reactive ketones (excluding diaryl/α,β-unsaturated/α-hetero) is 1. The van der Waals surface area contributed by atoms with E-state index in [9.17, 15) is 15.0 Å². The molecule has 0 radical (unpaired) electrons. The molecule has 11 heavy (non-hydrogen) atoms. The van der Waals surface area contributed by atoms with Crippen LogP contribution in [0, 0.1) is 0 Å². The number of hydrogen-bond donors (Lipinski definition) is 2. The molecule has 0 aromatic heterocycles. The molecule has 1 rings (SSSR count). The van der Waals surface area contributed by atoms with Crippen LogP contribution in [0.2, 0.25) is 0 Å². The SMILES string of the molecule is CC(=O)[C@@]1(O)C=CC=C[C@@H]1O. The molecule has 2 N–H and O–H groups in total. The van der Waals surface area contributed by atoms with Crippen molar-refractivity contribution >= 4 is 5.78 Å². The Balaban J connectivity index is 2.94. The topological polar surface area (TPSA) is 57.5 Å². The summed E-state index contributed by atoms with van der Waals surface area (Å²) in [6, 6.07) is 0. The minimum absolute atomic E-state index is 0.453. The van der Waals surface area contributed by atoms with E-state index in [-0.39, 0.29) is 0 Å². The Labute approximate surface area is 64.7 Å². The van der Waals surface area contributed by atoms with Gasteiger partial charge in [-0.15, -0.1) is 0 Å². The highest BCUT2D eigenvalue weighted by Crippen LogP contribution is 2.18. The van der Waals surface area contributed by atoms with Crippen molar-refractivity contribution < 1.29 is 15.0 Å². The molecule has 0 amide bonds. The van der Waals surface area contributed by atoms with E-state index in [1.807, 2.05) is 0 Å². The van der Waals surface area contributed by atoms with E-state index in [1.165, 1.54) is 25.2 Å². The van der Waals surface area contributed by atoms with E-state index in [0.29, 0.717) is 0 Å². The highest BCUT2D eigenvalue weighted by Gasteiger charge is 2.37. The Morgan fingerprint density at radius 1 is 1.55 bits per heavy atom. The van der Waals surface area contributed by atoms with Crippen LogP contribution in [0.25, 0.3) is 0 Å². The zero-order valence-electron chi connectivity index (χ0n) is 6.19. The summed E-state index contributed by atoms with van der Waals surface area (Å²) in [7, 11) is 0. The lowest BCUT2D eigenvalue weighted by atomic mass is 9.89. The van der Waals surface area contributed by atoms with Gasteiger partial charge >= 0.3 is 0 Å². The van der Waals surface area contributed by atoms with Gasteiger partial charge in [0.15, 0.2) is 11.4 Å². The zero-order valence-corrected chi connectivity index (χ0v) is 6.19. The molecule has 1 aliphatic carbocycles. The van der Waals surface area contributed by atoms with Crippen LogP contribution in [0.3, 0.4) is 0 Å². The molecule has 3 nitrogen and oxygen atoms in total. The minimum atomic E-state index is -1.71. The first kappa shape index (κ1) is 8.17. The second kappa shape index (κ2) is 2.60. The third kappa shape index (κ3) is 1.25. The molecular weight excluding hydrogens is 144 g/mol. The fourth-order valence-electron chi connectivity index (χ4n) is 0.943. The lowest BCUT2D eigenvalue weighted by Crippen LogP contribution is -2.46. The minimum Gasteiger partial charge on any atom is -0.385 e. The average Bonchev–Trinajstić information content (AvgIpc) is 1.95. The van der Waals surface area contributed by atoms with Gasteiger partial charge in [-0.1, -0.05) is 18.2 Å². The van der Waals surface area contributed by atoms with Gasteiger partial charge in [0, 0.05) is 0 Å². The molecule has 0 saturated heterocycles. The van der Waals surface area contributed by atoms with E-state index in [2.05, 4.69) is 0 Å². The first-order valence-corrected chi connectivity index (χ1v) is 3.35. The molecule has 0 fully saturated rings. The number of carbonyl (C=O) groups is 1. The van der Waals surface area contributed by atoms with Gasteiger partial charge in [0.25, 0.3) is 0 Å². The summed E-state index contributed by atoms with van der Waals surface area (Å²) in [6.45, 7) is 1.24. The lowest BCUT2D eigenvalue weighted by molar-refractivity contribution is -0.137. The predicted molar refractivity (Wildman–Crippen MR) is 39.9 cm³/mol. The molecule has 0 spiro atoms. The molecule has 0 saturated carbocycles. The zero-order chi connectivity index (χ0) is 8.48. The maximum absolute atomic E-state index is 10.8. The molecule has 0 aromatic carbocycles. The Morgan fingerprint density at radius 2 is 2.18 bits per heavy atom. The third-order valence-corrected chi connectivity index (χ3v) is 1.77. The molecule has 0 heterocycles. The van der Waals surface area contributed by atoms with Crippen molar-refractivity contribution in [3.63, 3.8) is 0 Å². The fourth-order valence-corrected chi connectivity index (χ4v) is 0.943. The second-order valence-electron chi connectivity index (χ2n) is 2.57. The van der Waals surface area contributed by atoms with Crippen molar-refractivity contribution in [2.45, 2.75) is 18.6 Å². The van der Waals surface area contributed by atoms with E-state index < -0.39 is 17.5 Å². The second-order valence-corrected chi connectivity index (χ2v) is 2.57. The first-order valence-electron chi connectivity index (χ1n) is 3.35. The summed E-state index contributed by atoms with van der Waals surface area (Å²) >= 11 is 0. The summed E-state index contributed by atoms with van der Waals surface area (Å²) in [5.74, 6) is -0.453. The lowest BCUT2D eigenvalue weighted by Gasteiger charge is -2.26. The molecular formula is C8H10O3. The van der Waals surface area contributed by atoms with Crippen molar-refractivity contribution in [3.8, 4) is 0 Å². The fraction of sp³-hybridized carbons (Fsp3) is 0.375. The molecule has 0 aromatic rings. The van der Waals surface area contributed by atoms with Gasteiger partial charge in [0.1, 0.15) is 6.10 Å². The number of rotatable bonds is 1. The number of hydrogen-bond acceptors (Lipinski definition) is 3. The van der Waals surface area contributed by atoms with Crippen LogP contribution >= 0.6 is 0 Å². The van der Waals surface area contributed by atoms with Crippen LogP contribution in [0.1, 0.15) is 6.92 Å². The monoisotopic (exact) mass is 154 g/mol. The Hall–Kier alpha value is -0.930. The van der Waals surface area contributed by atoms with Crippen LogP contribution in [-0.4, -0.2) is 27.7 Å². The third-order valence-electron chi connectivity index (χ3n) is 1.77. The smallest absolute Gasteiger partial charge is 0.170 e. The van der Waals surface area contributed by atoms with Gasteiger partial charge < -0.3 is 10.2 Å². The molecule has 1 aliphatic rings. The van der Waals surface area contributed by atoms with Crippen molar-refractivity contribution in [1.29, 1.82) is 0 Å². The Bertz CT molecular complexity index is 229.